The lowest BCUT2D eigenvalue weighted by molar-refractivity contribution is 0.717. The highest BCUT2D eigenvalue weighted by atomic mass is 35.5. The van der Waals surface area contributed by atoms with Gasteiger partial charge in [0.2, 0.25) is 0 Å². The van der Waals surface area contributed by atoms with E-state index < -0.39 is 0 Å². The van der Waals surface area contributed by atoms with Crippen LogP contribution in [0, 0.1) is 6.92 Å². The second-order valence-electron chi connectivity index (χ2n) is 4.95. The van der Waals surface area contributed by atoms with Gasteiger partial charge >= 0.3 is 0 Å². The number of benzene rings is 1. The van der Waals surface area contributed by atoms with E-state index in [1.807, 2.05) is 25.1 Å². The molecule has 1 aromatic carbocycles. The first-order valence-electron chi connectivity index (χ1n) is 6.26. The van der Waals surface area contributed by atoms with E-state index >= 15 is 0 Å². The van der Waals surface area contributed by atoms with Gasteiger partial charge in [0, 0.05) is 22.8 Å². The van der Waals surface area contributed by atoms with Crippen molar-refractivity contribution < 1.29 is 0 Å². The van der Waals surface area contributed by atoms with Crippen LogP contribution in [0.5, 0.6) is 0 Å². The number of hydrogen-bond donors (Lipinski definition) is 2. The molecule has 1 aromatic rings. The molecule has 0 amide bonds. The lowest BCUT2D eigenvalue weighted by Gasteiger charge is -2.17. The predicted molar refractivity (Wildman–Crippen MR) is 80.7 cm³/mol. The van der Waals surface area contributed by atoms with Crippen molar-refractivity contribution in [1.82, 2.24) is 5.32 Å². The van der Waals surface area contributed by atoms with Crippen molar-refractivity contribution in [3.05, 3.63) is 28.8 Å². The van der Waals surface area contributed by atoms with Crippen molar-refractivity contribution >= 4 is 23.2 Å². The molecule has 0 aliphatic rings. The molecule has 0 aliphatic heterocycles. The summed E-state index contributed by atoms with van der Waals surface area (Å²) in [5.74, 6) is 0.797. The van der Waals surface area contributed by atoms with Crippen LogP contribution in [0.2, 0.25) is 5.02 Å². The second-order valence-corrected chi connectivity index (χ2v) is 5.39. The third kappa shape index (κ3) is 4.96. The van der Waals surface area contributed by atoms with Gasteiger partial charge in [-0.2, -0.15) is 0 Å². The highest BCUT2D eigenvalue weighted by molar-refractivity contribution is 6.30. The molecule has 0 unspecified atom stereocenters. The van der Waals surface area contributed by atoms with Crippen molar-refractivity contribution in [3.63, 3.8) is 0 Å². The van der Waals surface area contributed by atoms with Gasteiger partial charge in [0.1, 0.15) is 0 Å². The average molecular weight is 268 g/mol. The van der Waals surface area contributed by atoms with Crippen molar-refractivity contribution in [2.24, 2.45) is 4.99 Å². The van der Waals surface area contributed by atoms with Crippen LogP contribution in [0.1, 0.15) is 33.3 Å². The summed E-state index contributed by atoms with van der Waals surface area (Å²) in [7, 11) is 0. The summed E-state index contributed by atoms with van der Waals surface area (Å²) in [4.78, 5) is 4.54. The molecule has 0 saturated heterocycles. The summed E-state index contributed by atoms with van der Waals surface area (Å²) >= 11 is 5.95. The van der Waals surface area contributed by atoms with E-state index in [0.29, 0.717) is 6.04 Å². The molecule has 0 saturated carbocycles. The predicted octanol–water partition coefficient (Wildman–Crippen LogP) is 3.82. The van der Waals surface area contributed by atoms with E-state index in [2.05, 4.69) is 43.3 Å². The molecule has 2 N–H and O–H groups in total. The van der Waals surface area contributed by atoms with Crippen LogP contribution in [0.15, 0.2) is 23.2 Å². The number of aryl methyl sites for hydroxylation is 1. The molecular formula is C14H22ClN3. The van der Waals surface area contributed by atoms with Gasteiger partial charge in [-0.1, -0.05) is 11.6 Å². The Hall–Kier alpha value is -1.22. The second kappa shape index (κ2) is 6.64. The maximum atomic E-state index is 5.95. The Kier molecular flexibility index (Phi) is 5.48. The van der Waals surface area contributed by atoms with Gasteiger partial charge in [0.25, 0.3) is 0 Å². The first-order valence-corrected chi connectivity index (χ1v) is 6.63. The van der Waals surface area contributed by atoms with Gasteiger partial charge < -0.3 is 10.6 Å². The fraction of sp³-hybridized carbons (Fsp3) is 0.500. The monoisotopic (exact) mass is 267 g/mol. The number of nitrogens with one attached hydrogen (secondary N) is 2. The van der Waals surface area contributed by atoms with Crippen LogP contribution < -0.4 is 10.6 Å². The van der Waals surface area contributed by atoms with Gasteiger partial charge in [0.05, 0.1) is 0 Å². The maximum Gasteiger partial charge on any atom is 0.196 e. The summed E-state index contributed by atoms with van der Waals surface area (Å²) in [6, 6.07) is 6.36. The van der Waals surface area contributed by atoms with Crippen LogP contribution in [-0.4, -0.2) is 18.0 Å². The van der Waals surface area contributed by atoms with E-state index in [0.717, 1.165) is 22.2 Å². The number of aliphatic imine (C=N–C) groups is 1. The first kappa shape index (κ1) is 14.8. The summed E-state index contributed by atoms with van der Waals surface area (Å²) in [5, 5.41) is 7.37. The van der Waals surface area contributed by atoms with Crippen molar-refractivity contribution in [3.8, 4) is 0 Å². The van der Waals surface area contributed by atoms with E-state index in [1.165, 1.54) is 0 Å². The fourth-order valence-electron chi connectivity index (χ4n) is 1.53. The quantitative estimate of drug-likeness (QED) is 0.645. The van der Waals surface area contributed by atoms with Crippen molar-refractivity contribution in [2.45, 2.75) is 46.7 Å². The van der Waals surface area contributed by atoms with Crippen LogP contribution in [-0.2, 0) is 0 Å². The highest BCUT2D eigenvalue weighted by Gasteiger charge is 2.05. The maximum absolute atomic E-state index is 5.95. The molecule has 0 fully saturated rings. The molecule has 0 aliphatic carbocycles. The summed E-state index contributed by atoms with van der Waals surface area (Å²) in [6.45, 7) is 10.3. The molecule has 100 valence electrons. The lowest BCUT2D eigenvalue weighted by atomic mass is 10.2. The SMILES string of the molecule is Cc1cc(Cl)ccc1NC(=NC(C)C)NC(C)C. The summed E-state index contributed by atoms with van der Waals surface area (Å²) in [6.07, 6.45) is 0. The molecule has 0 atom stereocenters. The Bertz CT molecular complexity index is 425. The van der Waals surface area contributed by atoms with Gasteiger partial charge in [0.15, 0.2) is 5.96 Å². The third-order valence-corrected chi connectivity index (χ3v) is 2.49. The normalized spacial score (nSPS) is 12.1. The minimum absolute atomic E-state index is 0.242. The van der Waals surface area contributed by atoms with E-state index in [1.54, 1.807) is 0 Å². The van der Waals surface area contributed by atoms with Gasteiger partial charge in [-0.25, -0.2) is 0 Å². The number of anilines is 1. The minimum Gasteiger partial charge on any atom is -0.354 e. The molecule has 4 heteroatoms. The van der Waals surface area contributed by atoms with Gasteiger partial charge in [-0.3, -0.25) is 4.99 Å². The smallest absolute Gasteiger partial charge is 0.196 e. The Balaban J connectivity index is 2.89. The third-order valence-electron chi connectivity index (χ3n) is 2.25. The Morgan fingerprint density at radius 3 is 2.39 bits per heavy atom. The van der Waals surface area contributed by atoms with Crippen LogP contribution in [0.4, 0.5) is 5.69 Å². The standard InChI is InChI=1S/C14H22ClN3/c1-9(2)16-14(17-10(3)4)18-13-7-6-12(15)8-11(13)5/h6-10H,1-5H3,(H2,16,17,18). The Morgan fingerprint density at radius 2 is 1.89 bits per heavy atom. The first-order chi connectivity index (χ1) is 8.38. The molecule has 0 spiro atoms. The molecule has 1 rings (SSSR count). The van der Waals surface area contributed by atoms with Crippen LogP contribution >= 0.6 is 11.6 Å². The molecule has 0 aromatic heterocycles. The number of halogens is 1. The molecule has 3 nitrogen and oxygen atoms in total. The molecule has 18 heavy (non-hydrogen) atoms. The largest absolute Gasteiger partial charge is 0.354 e. The molecule has 0 radical (unpaired) electrons. The lowest BCUT2D eigenvalue weighted by Crippen LogP contribution is -2.36. The molecular weight excluding hydrogens is 246 g/mol. The van der Waals surface area contributed by atoms with Crippen LogP contribution in [0.25, 0.3) is 0 Å². The zero-order valence-corrected chi connectivity index (χ0v) is 12.5. The number of nitrogens with zero attached hydrogens (tertiary/aromatic N) is 1. The summed E-state index contributed by atoms with van der Waals surface area (Å²) < 4.78 is 0. The topological polar surface area (TPSA) is 36.4 Å². The Morgan fingerprint density at radius 1 is 1.22 bits per heavy atom. The minimum atomic E-state index is 0.242. The van der Waals surface area contributed by atoms with Crippen molar-refractivity contribution in [1.29, 1.82) is 0 Å². The van der Waals surface area contributed by atoms with E-state index in [-0.39, 0.29) is 6.04 Å². The highest BCUT2D eigenvalue weighted by Crippen LogP contribution is 2.19. The number of hydrogen-bond acceptors (Lipinski definition) is 1. The zero-order valence-electron chi connectivity index (χ0n) is 11.7. The van der Waals surface area contributed by atoms with Gasteiger partial charge in [-0.05, 0) is 58.4 Å². The number of rotatable bonds is 3. The molecule has 0 bridgehead atoms. The Labute approximate surface area is 115 Å². The van der Waals surface area contributed by atoms with Crippen molar-refractivity contribution in [2.75, 3.05) is 5.32 Å². The van der Waals surface area contributed by atoms with Crippen LogP contribution in [0.3, 0.4) is 0 Å². The average Bonchev–Trinajstić information content (AvgIpc) is 2.20. The summed E-state index contributed by atoms with van der Waals surface area (Å²) in [5.41, 5.74) is 2.12. The van der Waals surface area contributed by atoms with Gasteiger partial charge in [-0.15, -0.1) is 0 Å². The fourth-order valence-corrected chi connectivity index (χ4v) is 1.76. The molecule has 0 heterocycles. The zero-order chi connectivity index (χ0) is 13.7. The van der Waals surface area contributed by atoms with E-state index in [4.69, 9.17) is 11.6 Å². The van der Waals surface area contributed by atoms with E-state index in [9.17, 15) is 0 Å². The number of guanidine groups is 1.